The number of nitrogens with one attached hydrogen (secondary N) is 2. The Morgan fingerprint density at radius 1 is 1.00 bits per heavy atom. The van der Waals surface area contributed by atoms with Crippen LogP contribution >= 0.6 is 12.2 Å². The summed E-state index contributed by atoms with van der Waals surface area (Å²) in [6.07, 6.45) is 5.21. The molecule has 2 aromatic carbocycles. The lowest BCUT2D eigenvalue weighted by Gasteiger charge is -2.19. The standard InChI is InChI=1S/C24H32N2O3S/c1-4-27-22-15-10-18(16-23(22)28-5-2)17(3)25-24(30)26-19-11-13-21(14-12-19)29-20-8-6-7-9-20/h10-17,20H,4-9H2,1-3H3,(H2,25,26,30). The van der Waals surface area contributed by atoms with Crippen molar-refractivity contribution in [2.45, 2.75) is 58.6 Å². The predicted molar refractivity (Wildman–Crippen MR) is 126 cm³/mol. The van der Waals surface area contributed by atoms with Gasteiger partial charge in [0.1, 0.15) is 5.75 Å². The van der Waals surface area contributed by atoms with E-state index in [1.165, 1.54) is 12.8 Å². The maximum absolute atomic E-state index is 6.02. The summed E-state index contributed by atoms with van der Waals surface area (Å²) in [5.41, 5.74) is 2.01. The maximum atomic E-state index is 6.02. The first-order chi connectivity index (χ1) is 14.6. The van der Waals surface area contributed by atoms with E-state index in [1.807, 2.05) is 56.3 Å². The van der Waals surface area contributed by atoms with Crippen molar-refractivity contribution >= 4 is 23.0 Å². The fourth-order valence-corrected chi connectivity index (χ4v) is 3.89. The van der Waals surface area contributed by atoms with Crippen LogP contribution in [0.15, 0.2) is 42.5 Å². The second kappa shape index (κ2) is 11.1. The molecule has 0 aromatic heterocycles. The molecule has 0 heterocycles. The Bertz CT molecular complexity index is 820. The zero-order chi connectivity index (χ0) is 21.3. The second-order valence-corrected chi connectivity index (χ2v) is 7.85. The van der Waals surface area contributed by atoms with Gasteiger partial charge in [-0.05, 0) is 101 Å². The molecular formula is C24H32N2O3S. The van der Waals surface area contributed by atoms with Crippen molar-refractivity contribution in [1.29, 1.82) is 0 Å². The minimum Gasteiger partial charge on any atom is -0.490 e. The molecule has 0 saturated heterocycles. The number of anilines is 1. The number of thiocarbonyl (C=S) groups is 1. The molecule has 0 aliphatic heterocycles. The highest BCUT2D eigenvalue weighted by Gasteiger charge is 2.16. The number of benzene rings is 2. The van der Waals surface area contributed by atoms with E-state index in [1.54, 1.807) is 0 Å². The molecule has 0 bridgehead atoms. The van der Waals surface area contributed by atoms with Gasteiger partial charge in [0.05, 0.1) is 25.4 Å². The van der Waals surface area contributed by atoms with Crippen LogP contribution in [0.3, 0.4) is 0 Å². The summed E-state index contributed by atoms with van der Waals surface area (Å²) in [4.78, 5) is 0. The van der Waals surface area contributed by atoms with Crippen LogP contribution in [0.2, 0.25) is 0 Å². The molecule has 6 heteroatoms. The summed E-state index contributed by atoms with van der Waals surface area (Å²) in [5, 5.41) is 7.14. The van der Waals surface area contributed by atoms with Crippen LogP contribution in [0.4, 0.5) is 5.69 Å². The third-order valence-corrected chi connectivity index (χ3v) is 5.35. The number of hydrogen-bond acceptors (Lipinski definition) is 4. The van der Waals surface area contributed by atoms with E-state index in [4.69, 9.17) is 26.4 Å². The van der Waals surface area contributed by atoms with E-state index in [0.29, 0.717) is 24.4 Å². The molecule has 2 aromatic rings. The Balaban J connectivity index is 1.55. The first kappa shape index (κ1) is 22.2. The fourth-order valence-electron chi connectivity index (χ4n) is 3.60. The highest BCUT2D eigenvalue weighted by atomic mass is 32.1. The number of ether oxygens (including phenoxy) is 3. The maximum Gasteiger partial charge on any atom is 0.171 e. The minimum atomic E-state index is 0.0184. The van der Waals surface area contributed by atoms with Gasteiger partial charge in [-0.2, -0.15) is 0 Å². The summed E-state index contributed by atoms with van der Waals surface area (Å²) >= 11 is 5.50. The van der Waals surface area contributed by atoms with Gasteiger partial charge in [0, 0.05) is 5.69 Å². The van der Waals surface area contributed by atoms with Crippen LogP contribution in [0.1, 0.15) is 58.1 Å². The quantitative estimate of drug-likeness (QED) is 0.489. The largest absolute Gasteiger partial charge is 0.490 e. The Morgan fingerprint density at radius 2 is 1.67 bits per heavy atom. The molecule has 3 rings (SSSR count). The van der Waals surface area contributed by atoms with Gasteiger partial charge in [0.2, 0.25) is 0 Å². The highest BCUT2D eigenvalue weighted by molar-refractivity contribution is 7.80. The van der Waals surface area contributed by atoms with Gasteiger partial charge >= 0.3 is 0 Å². The zero-order valence-electron chi connectivity index (χ0n) is 18.1. The molecule has 162 valence electrons. The third kappa shape index (κ3) is 6.26. The van der Waals surface area contributed by atoms with Gasteiger partial charge in [-0.3, -0.25) is 0 Å². The first-order valence-corrected chi connectivity index (χ1v) is 11.2. The average Bonchev–Trinajstić information content (AvgIpc) is 3.24. The molecule has 1 atom stereocenters. The second-order valence-electron chi connectivity index (χ2n) is 7.44. The van der Waals surface area contributed by atoms with Crippen LogP contribution < -0.4 is 24.8 Å². The smallest absolute Gasteiger partial charge is 0.171 e. The van der Waals surface area contributed by atoms with Gasteiger partial charge in [0.25, 0.3) is 0 Å². The van der Waals surface area contributed by atoms with Crippen LogP contribution in [-0.2, 0) is 0 Å². The van der Waals surface area contributed by atoms with Crippen LogP contribution in [0, 0.1) is 0 Å². The Kier molecular flexibility index (Phi) is 8.20. The SMILES string of the molecule is CCOc1ccc(C(C)NC(=S)Nc2ccc(OC3CCCC3)cc2)cc1OCC. The summed E-state index contributed by atoms with van der Waals surface area (Å²) in [6.45, 7) is 7.19. The van der Waals surface area contributed by atoms with E-state index in [-0.39, 0.29) is 6.04 Å². The number of hydrogen-bond donors (Lipinski definition) is 2. The van der Waals surface area contributed by atoms with Gasteiger partial charge in [0.15, 0.2) is 16.6 Å². The molecule has 1 unspecified atom stereocenters. The molecule has 5 nitrogen and oxygen atoms in total. The number of rotatable bonds is 9. The van der Waals surface area contributed by atoms with Gasteiger partial charge < -0.3 is 24.8 Å². The van der Waals surface area contributed by atoms with Crippen molar-refractivity contribution in [2.24, 2.45) is 0 Å². The highest BCUT2D eigenvalue weighted by Crippen LogP contribution is 2.31. The van der Waals surface area contributed by atoms with Crippen molar-refractivity contribution in [3.63, 3.8) is 0 Å². The van der Waals surface area contributed by atoms with Crippen molar-refractivity contribution in [2.75, 3.05) is 18.5 Å². The molecule has 1 fully saturated rings. The van der Waals surface area contributed by atoms with Crippen molar-refractivity contribution in [1.82, 2.24) is 5.32 Å². The van der Waals surface area contributed by atoms with E-state index >= 15 is 0 Å². The molecule has 0 amide bonds. The first-order valence-electron chi connectivity index (χ1n) is 10.8. The molecule has 0 radical (unpaired) electrons. The van der Waals surface area contributed by atoms with E-state index in [9.17, 15) is 0 Å². The predicted octanol–water partition coefficient (Wildman–Crippen LogP) is 5.85. The molecular weight excluding hydrogens is 396 g/mol. The molecule has 1 saturated carbocycles. The Labute approximate surface area is 185 Å². The summed E-state index contributed by atoms with van der Waals surface area (Å²) < 4.78 is 17.4. The van der Waals surface area contributed by atoms with Gasteiger partial charge in [-0.15, -0.1) is 0 Å². The lowest BCUT2D eigenvalue weighted by molar-refractivity contribution is 0.210. The summed E-state index contributed by atoms with van der Waals surface area (Å²) in [7, 11) is 0. The molecule has 2 N–H and O–H groups in total. The normalized spacial score (nSPS) is 14.8. The topological polar surface area (TPSA) is 51.8 Å². The van der Waals surface area contributed by atoms with Crippen LogP contribution in [0.25, 0.3) is 0 Å². The van der Waals surface area contributed by atoms with Crippen LogP contribution in [-0.4, -0.2) is 24.4 Å². The van der Waals surface area contributed by atoms with E-state index < -0.39 is 0 Å². The van der Waals surface area contributed by atoms with Crippen molar-refractivity contribution < 1.29 is 14.2 Å². The van der Waals surface area contributed by atoms with Gasteiger partial charge in [-0.1, -0.05) is 6.07 Å². The molecule has 1 aliphatic rings. The lowest BCUT2D eigenvalue weighted by Crippen LogP contribution is -2.30. The molecule has 30 heavy (non-hydrogen) atoms. The monoisotopic (exact) mass is 428 g/mol. The van der Waals surface area contributed by atoms with Gasteiger partial charge in [-0.25, -0.2) is 0 Å². The van der Waals surface area contributed by atoms with Crippen molar-refractivity contribution in [3.8, 4) is 17.2 Å². The Hall–Kier alpha value is -2.47. The summed E-state index contributed by atoms with van der Waals surface area (Å²) in [6, 6.07) is 14.0. The van der Waals surface area contributed by atoms with E-state index in [2.05, 4.69) is 17.6 Å². The average molecular weight is 429 g/mol. The lowest BCUT2D eigenvalue weighted by atomic mass is 10.1. The minimum absolute atomic E-state index is 0.0184. The molecule has 0 spiro atoms. The van der Waals surface area contributed by atoms with Crippen LogP contribution in [0.5, 0.6) is 17.2 Å². The summed E-state index contributed by atoms with van der Waals surface area (Å²) in [5.74, 6) is 2.43. The zero-order valence-corrected chi connectivity index (χ0v) is 18.9. The fraction of sp³-hybridized carbons (Fsp3) is 0.458. The Morgan fingerprint density at radius 3 is 2.33 bits per heavy atom. The van der Waals surface area contributed by atoms with Crippen molar-refractivity contribution in [3.05, 3.63) is 48.0 Å². The third-order valence-electron chi connectivity index (χ3n) is 5.13. The molecule has 1 aliphatic carbocycles. The van der Waals surface area contributed by atoms with E-state index in [0.717, 1.165) is 41.3 Å².